The third-order valence-electron chi connectivity index (χ3n) is 3.60. The molecule has 1 saturated carbocycles. The van der Waals surface area contributed by atoms with Crippen molar-refractivity contribution >= 4 is 22.4 Å². The van der Waals surface area contributed by atoms with Crippen LogP contribution in [-0.4, -0.2) is 29.0 Å². The largest absolute Gasteiger partial charge is 0.544 e. The third-order valence-corrected chi connectivity index (χ3v) is 5.39. The van der Waals surface area contributed by atoms with Crippen LogP contribution in [0, 0.1) is 5.92 Å². The molecule has 5 heteroatoms. The van der Waals surface area contributed by atoms with Gasteiger partial charge in [-0.05, 0) is 52.3 Å². The average molecular weight is 365 g/mol. The second kappa shape index (κ2) is 7.16. The second-order valence-electron chi connectivity index (χ2n) is 8.38. The van der Waals surface area contributed by atoms with E-state index in [-0.39, 0.29) is 5.92 Å². The molecular formula is C19H32O3Si2. The Hall–Kier alpha value is -0.886. The first-order valence-corrected chi connectivity index (χ1v) is 15.7. The van der Waals surface area contributed by atoms with Crippen LogP contribution in [0.4, 0.5) is 0 Å². The van der Waals surface area contributed by atoms with E-state index in [0.29, 0.717) is 6.61 Å². The van der Waals surface area contributed by atoms with Crippen LogP contribution in [0.3, 0.4) is 0 Å². The van der Waals surface area contributed by atoms with Crippen molar-refractivity contribution in [2.75, 3.05) is 6.61 Å². The Kier molecular flexibility index (Phi) is 5.80. The maximum atomic E-state index is 6.38. The Morgan fingerprint density at radius 1 is 1.08 bits per heavy atom. The summed E-state index contributed by atoms with van der Waals surface area (Å²) in [5.41, 5.74) is 1.13. The molecule has 1 aliphatic carbocycles. The average Bonchev–Trinajstić information content (AvgIpc) is 3.07. The van der Waals surface area contributed by atoms with Gasteiger partial charge in [-0.1, -0.05) is 30.3 Å². The van der Waals surface area contributed by atoms with E-state index in [4.69, 9.17) is 13.6 Å². The SMILES string of the molecule is CCO[C@]1(O[Si](C)(C)C)C[C@H]1/C=C(\O[Si](C)(C)C)c1ccccc1. The fraction of sp³-hybridized carbons (Fsp3) is 0.579. The summed E-state index contributed by atoms with van der Waals surface area (Å²) in [6, 6.07) is 10.4. The van der Waals surface area contributed by atoms with Gasteiger partial charge in [0.2, 0.25) is 8.32 Å². The van der Waals surface area contributed by atoms with Crippen LogP contribution >= 0.6 is 0 Å². The van der Waals surface area contributed by atoms with Gasteiger partial charge in [0, 0.05) is 24.5 Å². The lowest BCUT2D eigenvalue weighted by molar-refractivity contribution is -0.114. The number of hydrogen-bond acceptors (Lipinski definition) is 3. The summed E-state index contributed by atoms with van der Waals surface area (Å²) in [5.74, 6) is 0.790. The molecule has 134 valence electrons. The van der Waals surface area contributed by atoms with Crippen molar-refractivity contribution in [1.29, 1.82) is 0 Å². The van der Waals surface area contributed by atoms with Crippen LogP contribution < -0.4 is 0 Å². The van der Waals surface area contributed by atoms with Crippen molar-refractivity contribution in [2.45, 2.75) is 58.4 Å². The smallest absolute Gasteiger partial charge is 0.242 e. The first-order valence-electron chi connectivity index (χ1n) is 8.85. The fourth-order valence-corrected chi connectivity index (χ4v) is 4.99. The molecule has 1 fully saturated rings. The predicted molar refractivity (Wildman–Crippen MR) is 106 cm³/mol. The van der Waals surface area contributed by atoms with Crippen LogP contribution in [-0.2, 0) is 13.6 Å². The molecule has 0 radical (unpaired) electrons. The molecule has 2 rings (SSSR count). The number of ether oxygens (including phenoxy) is 1. The molecule has 0 heterocycles. The van der Waals surface area contributed by atoms with Crippen molar-refractivity contribution in [3.8, 4) is 0 Å². The molecule has 3 nitrogen and oxygen atoms in total. The van der Waals surface area contributed by atoms with Gasteiger partial charge in [0.25, 0.3) is 0 Å². The van der Waals surface area contributed by atoms with Gasteiger partial charge < -0.3 is 13.6 Å². The number of hydrogen-bond donors (Lipinski definition) is 0. The van der Waals surface area contributed by atoms with Crippen molar-refractivity contribution < 1.29 is 13.6 Å². The Morgan fingerprint density at radius 3 is 2.21 bits per heavy atom. The third kappa shape index (κ3) is 5.58. The fourth-order valence-electron chi connectivity index (χ4n) is 2.81. The Morgan fingerprint density at radius 2 is 1.71 bits per heavy atom. The molecule has 0 aromatic heterocycles. The van der Waals surface area contributed by atoms with Gasteiger partial charge in [0.05, 0.1) is 0 Å². The highest BCUT2D eigenvalue weighted by atomic mass is 28.4. The minimum absolute atomic E-state index is 0.260. The van der Waals surface area contributed by atoms with Gasteiger partial charge >= 0.3 is 0 Å². The van der Waals surface area contributed by atoms with Crippen LogP contribution in [0.1, 0.15) is 18.9 Å². The first kappa shape index (κ1) is 19.4. The van der Waals surface area contributed by atoms with Crippen molar-refractivity contribution in [1.82, 2.24) is 0 Å². The summed E-state index contributed by atoms with van der Waals surface area (Å²) < 4.78 is 18.8. The maximum Gasteiger partial charge on any atom is 0.242 e. The Bertz CT molecular complexity index is 573. The first-order chi connectivity index (χ1) is 11.0. The normalized spacial score (nSPS) is 24.8. The van der Waals surface area contributed by atoms with E-state index in [1.54, 1.807) is 0 Å². The van der Waals surface area contributed by atoms with Gasteiger partial charge in [-0.25, -0.2) is 0 Å². The molecule has 1 aliphatic rings. The lowest BCUT2D eigenvalue weighted by atomic mass is 10.1. The molecule has 0 unspecified atom stereocenters. The van der Waals surface area contributed by atoms with Crippen LogP contribution in [0.5, 0.6) is 0 Å². The summed E-state index contributed by atoms with van der Waals surface area (Å²) >= 11 is 0. The maximum absolute atomic E-state index is 6.38. The molecule has 0 N–H and O–H groups in total. The quantitative estimate of drug-likeness (QED) is 0.347. The van der Waals surface area contributed by atoms with Gasteiger partial charge in [-0.15, -0.1) is 0 Å². The van der Waals surface area contributed by atoms with Gasteiger partial charge in [-0.2, -0.15) is 0 Å². The predicted octanol–water partition coefficient (Wildman–Crippen LogP) is 5.48. The van der Waals surface area contributed by atoms with Gasteiger partial charge in [0.15, 0.2) is 14.1 Å². The topological polar surface area (TPSA) is 27.7 Å². The van der Waals surface area contributed by atoms with E-state index >= 15 is 0 Å². The number of benzene rings is 1. The molecular weight excluding hydrogens is 332 g/mol. The van der Waals surface area contributed by atoms with Crippen LogP contribution in [0.15, 0.2) is 36.4 Å². The van der Waals surface area contributed by atoms with Crippen LogP contribution in [0.25, 0.3) is 5.76 Å². The molecule has 0 saturated heterocycles. The van der Waals surface area contributed by atoms with E-state index in [2.05, 4.69) is 69.6 Å². The zero-order valence-corrected chi connectivity index (χ0v) is 18.2. The highest BCUT2D eigenvalue weighted by Crippen LogP contribution is 2.51. The van der Waals surface area contributed by atoms with Gasteiger partial charge in [0.1, 0.15) is 5.76 Å². The van der Waals surface area contributed by atoms with Crippen molar-refractivity contribution in [3.05, 3.63) is 42.0 Å². The zero-order chi connectivity index (χ0) is 18.0. The van der Waals surface area contributed by atoms with Crippen molar-refractivity contribution in [2.24, 2.45) is 5.92 Å². The highest BCUT2D eigenvalue weighted by molar-refractivity contribution is 6.70. The van der Waals surface area contributed by atoms with E-state index < -0.39 is 22.4 Å². The summed E-state index contributed by atoms with van der Waals surface area (Å²) in [6.45, 7) is 16.0. The highest BCUT2D eigenvalue weighted by Gasteiger charge is 2.58. The molecule has 0 bridgehead atoms. The summed E-state index contributed by atoms with van der Waals surface area (Å²) in [7, 11) is -3.37. The molecule has 2 atom stereocenters. The van der Waals surface area contributed by atoms with E-state index in [1.165, 1.54) is 0 Å². The molecule has 1 aromatic carbocycles. The lowest BCUT2D eigenvalue weighted by Crippen LogP contribution is -2.36. The zero-order valence-electron chi connectivity index (χ0n) is 16.2. The summed E-state index contributed by atoms with van der Waals surface area (Å²) in [4.78, 5) is 0. The minimum atomic E-state index is -1.70. The summed E-state index contributed by atoms with van der Waals surface area (Å²) in [6.07, 6.45) is 3.14. The Labute approximate surface area is 149 Å². The summed E-state index contributed by atoms with van der Waals surface area (Å²) in [5, 5.41) is 0. The molecule has 0 amide bonds. The lowest BCUT2D eigenvalue weighted by Gasteiger charge is -2.27. The molecule has 0 spiro atoms. The van der Waals surface area contributed by atoms with Gasteiger partial charge in [-0.3, -0.25) is 0 Å². The van der Waals surface area contributed by atoms with E-state index in [0.717, 1.165) is 17.7 Å². The number of rotatable bonds is 8. The molecule has 1 aromatic rings. The second-order valence-corrected chi connectivity index (χ2v) is 17.2. The molecule has 0 aliphatic heterocycles. The van der Waals surface area contributed by atoms with E-state index in [9.17, 15) is 0 Å². The Balaban J connectivity index is 2.27. The van der Waals surface area contributed by atoms with Crippen molar-refractivity contribution in [3.63, 3.8) is 0 Å². The standard InChI is InChI=1S/C19H32O3Si2/c1-8-20-19(22-24(5,6)7)15-17(19)14-18(21-23(2,3)4)16-12-10-9-11-13-16/h9-14,17H,8,15H2,1-7H3/b18-14-/t17-,19+/m1/s1. The minimum Gasteiger partial charge on any atom is -0.544 e. The monoisotopic (exact) mass is 364 g/mol. The van der Waals surface area contributed by atoms with Crippen LogP contribution in [0.2, 0.25) is 39.3 Å². The molecule has 24 heavy (non-hydrogen) atoms. The van der Waals surface area contributed by atoms with E-state index in [1.807, 2.05) is 13.0 Å².